The summed E-state index contributed by atoms with van der Waals surface area (Å²) in [7, 11) is 0. The Labute approximate surface area is 206 Å². The molecule has 2 N–H and O–H groups in total. The molecule has 5 rings (SSSR count). The predicted molar refractivity (Wildman–Crippen MR) is 132 cm³/mol. The molecule has 6 nitrogen and oxygen atoms in total. The van der Waals surface area contributed by atoms with Crippen LogP contribution in [-0.2, 0) is 6.61 Å². The van der Waals surface area contributed by atoms with E-state index in [0.29, 0.717) is 28.6 Å². The van der Waals surface area contributed by atoms with Crippen LogP contribution in [0.5, 0.6) is 17.2 Å². The van der Waals surface area contributed by atoms with E-state index in [4.69, 9.17) is 19.9 Å². The first-order valence-corrected chi connectivity index (χ1v) is 11.7. The minimum atomic E-state index is -0.445. The number of nitriles is 1. The minimum absolute atomic E-state index is 0.0242. The first kappa shape index (κ1) is 22.3. The zero-order chi connectivity index (χ0) is 24.2. The SMILES string of the molecule is N#CC1=C(N)Oc2cc(OC(=O)c3cccs3)ccc2C1c1ccc(OCc2ccccc2)cc1. The van der Waals surface area contributed by atoms with Gasteiger partial charge in [0.1, 0.15) is 40.4 Å². The number of hydrogen-bond donors (Lipinski definition) is 1. The molecule has 172 valence electrons. The van der Waals surface area contributed by atoms with Gasteiger partial charge in [0.05, 0.1) is 5.92 Å². The average molecular weight is 481 g/mol. The number of thiophene rings is 1. The third-order valence-electron chi connectivity index (χ3n) is 5.59. The Kier molecular flexibility index (Phi) is 6.20. The van der Waals surface area contributed by atoms with Crippen LogP contribution in [-0.4, -0.2) is 5.97 Å². The molecule has 0 aliphatic carbocycles. The summed E-state index contributed by atoms with van der Waals surface area (Å²) in [6.45, 7) is 0.462. The average Bonchev–Trinajstić information content (AvgIpc) is 3.43. The zero-order valence-corrected chi connectivity index (χ0v) is 19.3. The Balaban J connectivity index is 1.39. The van der Waals surface area contributed by atoms with E-state index >= 15 is 0 Å². The van der Waals surface area contributed by atoms with Crippen molar-refractivity contribution in [2.45, 2.75) is 12.5 Å². The van der Waals surface area contributed by atoms with Gasteiger partial charge >= 0.3 is 5.97 Å². The number of carbonyl (C=O) groups is 1. The Morgan fingerprint density at radius 3 is 2.49 bits per heavy atom. The lowest BCUT2D eigenvalue weighted by atomic mass is 9.83. The Hall–Kier alpha value is -4.54. The van der Waals surface area contributed by atoms with E-state index in [0.717, 1.165) is 22.4 Å². The molecular formula is C28H20N2O4S. The maximum Gasteiger partial charge on any atom is 0.353 e. The smallest absolute Gasteiger partial charge is 0.353 e. The molecule has 1 aliphatic rings. The fourth-order valence-corrected chi connectivity index (χ4v) is 4.49. The molecule has 7 heteroatoms. The Morgan fingerprint density at radius 1 is 1.00 bits per heavy atom. The number of esters is 1. The second kappa shape index (κ2) is 9.75. The van der Waals surface area contributed by atoms with Gasteiger partial charge in [0, 0.05) is 11.6 Å². The van der Waals surface area contributed by atoms with Crippen LogP contribution in [0.15, 0.2) is 102 Å². The highest BCUT2D eigenvalue weighted by Crippen LogP contribution is 2.43. The van der Waals surface area contributed by atoms with Crippen LogP contribution < -0.4 is 19.9 Å². The molecule has 0 saturated carbocycles. The molecule has 0 spiro atoms. The highest BCUT2D eigenvalue weighted by Gasteiger charge is 2.31. The summed E-state index contributed by atoms with van der Waals surface area (Å²) in [4.78, 5) is 12.8. The van der Waals surface area contributed by atoms with E-state index in [1.807, 2.05) is 60.0 Å². The number of rotatable bonds is 6. The quantitative estimate of drug-likeness (QED) is 0.278. The first-order valence-electron chi connectivity index (χ1n) is 10.9. The molecule has 3 aromatic carbocycles. The Bertz CT molecular complexity index is 1420. The summed E-state index contributed by atoms with van der Waals surface area (Å²) in [5.41, 5.74) is 9.12. The lowest BCUT2D eigenvalue weighted by Crippen LogP contribution is -2.21. The summed E-state index contributed by atoms with van der Waals surface area (Å²) in [5, 5.41) is 11.6. The summed E-state index contributed by atoms with van der Waals surface area (Å²) in [6.07, 6.45) is 0. The number of benzene rings is 3. The monoisotopic (exact) mass is 480 g/mol. The third-order valence-corrected chi connectivity index (χ3v) is 6.44. The van der Waals surface area contributed by atoms with Crippen molar-refractivity contribution in [2.75, 3.05) is 0 Å². The molecular weight excluding hydrogens is 460 g/mol. The molecule has 1 atom stereocenters. The van der Waals surface area contributed by atoms with Gasteiger partial charge < -0.3 is 19.9 Å². The molecule has 0 amide bonds. The van der Waals surface area contributed by atoms with Crippen LogP contribution in [0.1, 0.15) is 32.3 Å². The highest BCUT2D eigenvalue weighted by molar-refractivity contribution is 7.12. The topological polar surface area (TPSA) is 94.6 Å². The zero-order valence-electron chi connectivity index (χ0n) is 18.5. The van der Waals surface area contributed by atoms with Crippen LogP contribution in [0.25, 0.3) is 0 Å². The maximum absolute atomic E-state index is 12.3. The van der Waals surface area contributed by atoms with Gasteiger partial charge in [-0.1, -0.05) is 54.6 Å². The normalized spacial score (nSPS) is 14.4. The summed E-state index contributed by atoms with van der Waals surface area (Å²) in [5.74, 6) is 0.645. The van der Waals surface area contributed by atoms with E-state index in [-0.39, 0.29) is 5.88 Å². The first-order chi connectivity index (χ1) is 17.1. The fourth-order valence-electron chi connectivity index (χ4n) is 3.89. The van der Waals surface area contributed by atoms with Gasteiger partial charge in [-0.05, 0) is 40.8 Å². The van der Waals surface area contributed by atoms with Crippen LogP contribution in [0.4, 0.5) is 0 Å². The van der Waals surface area contributed by atoms with Gasteiger partial charge in [0.25, 0.3) is 0 Å². The van der Waals surface area contributed by atoms with Crippen molar-refractivity contribution in [2.24, 2.45) is 5.73 Å². The van der Waals surface area contributed by atoms with Gasteiger partial charge in [-0.25, -0.2) is 4.79 Å². The van der Waals surface area contributed by atoms with Crippen molar-refractivity contribution in [1.29, 1.82) is 5.26 Å². The van der Waals surface area contributed by atoms with Crippen LogP contribution in [0.3, 0.4) is 0 Å². The predicted octanol–water partition coefficient (Wildman–Crippen LogP) is 5.76. The van der Waals surface area contributed by atoms with Gasteiger partial charge in [0.2, 0.25) is 5.88 Å². The number of ether oxygens (including phenoxy) is 3. The van der Waals surface area contributed by atoms with Crippen molar-refractivity contribution in [1.82, 2.24) is 0 Å². The molecule has 35 heavy (non-hydrogen) atoms. The Morgan fingerprint density at radius 2 is 1.77 bits per heavy atom. The molecule has 0 radical (unpaired) electrons. The van der Waals surface area contributed by atoms with Crippen molar-refractivity contribution in [3.05, 3.63) is 123 Å². The van der Waals surface area contributed by atoms with Crippen molar-refractivity contribution in [3.8, 4) is 23.3 Å². The van der Waals surface area contributed by atoms with Crippen LogP contribution in [0.2, 0.25) is 0 Å². The molecule has 1 unspecified atom stereocenters. The molecule has 0 bridgehead atoms. The van der Waals surface area contributed by atoms with E-state index in [2.05, 4.69) is 6.07 Å². The number of nitrogens with two attached hydrogens (primary N) is 1. The standard InChI is InChI=1S/C28H20N2O4S/c29-16-23-26(19-8-10-20(11-9-19)32-17-18-5-2-1-3-6-18)22-13-12-21(15-24(22)34-27(23)30)33-28(31)25-7-4-14-35-25/h1-15,26H,17,30H2. The summed E-state index contributed by atoms with van der Waals surface area (Å²) < 4.78 is 17.1. The van der Waals surface area contributed by atoms with E-state index < -0.39 is 11.9 Å². The van der Waals surface area contributed by atoms with Crippen LogP contribution >= 0.6 is 11.3 Å². The molecule has 0 fully saturated rings. The number of allylic oxidation sites excluding steroid dienone is 1. The van der Waals surface area contributed by atoms with Crippen molar-refractivity contribution in [3.63, 3.8) is 0 Å². The van der Waals surface area contributed by atoms with E-state index in [1.54, 1.807) is 30.3 Å². The van der Waals surface area contributed by atoms with Gasteiger partial charge in [0.15, 0.2) is 0 Å². The third kappa shape index (κ3) is 4.74. The fraction of sp³-hybridized carbons (Fsp3) is 0.0714. The minimum Gasteiger partial charge on any atom is -0.489 e. The molecule has 1 aromatic heterocycles. The van der Waals surface area contributed by atoms with Crippen molar-refractivity contribution < 1.29 is 19.0 Å². The number of carbonyl (C=O) groups excluding carboxylic acids is 1. The lowest BCUT2D eigenvalue weighted by molar-refractivity contribution is 0.0739. The summed E-state index contributed by atoms with van der Waals surface area (Å²) >= 11 is 1.30. The molecule has 0 saturated heterocycles. The van der Waals surface area contributed by atoms with E-state index in [1.165, 1.54) is 11.3 Å². The number of hydrogen-bond acceptors (Lipinski definition) is 7. The second-order valence-corrected chi connectivity index (χ2v) is 8.78. The van der Waals surface area contributed by atoms with E-state index in [9.17, 15) is 10.1 Å². The number of fused-ring (bicyclic) bond motifs is 1. The van der Waals surface area contributed by atoms with Crippen molar-refractivity contribution >= 4 is 17.3 Å². The molecule has 1 aliphatic heterocycles. The van der Waals surface area contributed by atoms with Gasteiger partial charge in [-0.2, -0.15) is 5.26 Å². The molecule has 4 aromatic rings. The second-order valence-electron chi connectivity index (χ2n) is 7.83. The van der Waals surface area contributed by atoms with Crippen LogP contribution in [0, 0.1) is 11.3 Å². The van der Waals surface area contributed by atoms with Gasteiger partial charge in [-0.15, -0.1) is 11.3 Å². The summed E-state index contributed by atoms with van der Waals surface area (Å²) in [6, 6.07) is 28.3. The highest BCUT2D eigenvalue weighted by atomic mass is 32.1. The maximum atomic E-state index is 12.3. The largest absolute Gasteiger partial charge is 0.489 e. The number of nitrogens with zero attached hydrogens (tertiary/aromatic N) is 1. The lowest BCUT2D eigenvalue weighted by Gasteiger charge is -2.26. The van der Waals surface area contributed by atoms with Gasteiger partial charge in [-0.3, -0.25) is 0 Å². The molecule has 2 heterocycles.